The van der Waals surface area contributed by atoms with Crippen molar-refractivity contribution in [3.05, 3.63) is 228 Å². The first-order valence-corrected chi connectivity index (χ1v) is 20.4. The maximum atomic E-state index is 6.97. The predicted octanol–water partition coefficient (Wildman–Crippen LogP) is 13.9. The maximum Gasteiger partial charge on any atom is 0.160 e. The summed E-state index contributed by atoms with van der Waals surface area (Å²) in [5, 5.41) is 0. The summed E-state index contributed by atoms with van der Waals surface area (Å²) in [7, 11) is 0. The largest absolute Gasteiger partial charge is 0.456 e. The Balaban J connectivity index is 0.984. The summed E-state index contributed by atoms with van der Waals surface area (Å²) in [4.78, 5) is 10.5. The van der Waals surface area contributed by atoms with Crippen molar-refractivity contribution >= 4 is 0 Å². The summed E-state index contributed by atoms with van der Waals surface area (Å²) in [6.45, 7) is 4.64. The molecule has 2 aliphatic carbocycles. The first-order chi connectivity index (χ1) is 29.0. The Kier molecular flexibility index (Phi) is 7.19. The van der Waals surface area contributed by atoms with E-state index in [4.69, 9.17) is 14.7 Å². The lowest BCUT2D eigenvalue weighted by atomic mass is 9.65. The molecule has 0 atom stereocenters. The molecule has 3 nitrogen and oxygen atoms in total. The Morgan fingerprint density at radius 2 is 0.864 bits per heavy atom. The van der Waals surface area contributed by atoms with Gasteiger partial charge in [0.1, 0.15) is 11.5 Å². The van der Waals surface area contributed by atoms with Crippen molar-refractivity contribution in [3.8, 4) is 78.8 Å². The highest BCUT2D eigenvalue weighted by molar-refractivity contribution is 5.91. The van der Waals surface area contributed by atoms with E-state index in [1.165, 1.54) is 50.1 Å². The highest BCUT2D eigenvalue weighted by Crippen LogP contribution is 2.63. The minimum absolute atomic E-state index is 0.109. The summed E-state index contributed by atoms with van der Waals surface area (Å²) in [5.74, 6) is 2.46. The highest BCUT2D eigenvalue weighted by Gasteiger charge is 2.51. The molecule has 3 heteroatoms. The van der Waals surface area contributed by atoms with E-state index in [0.717, 1.165) is 56.3 Å². The molecule has 59 heavy (non-hydrogen) atoms. The number of para-hydroxylation sites is 2. The summed E-state index contributed by atoms with van der Waals surface area (Å²) >= 11 is 0. The van der Waals surface area contributed by atoms with Gasteiger partial charge in [0.05, 0.1) is 16.8 Å². The monoisotopic (exact) mass is 754 g/mol. The first-order valence-electron chi connectivity index (χ1n) is 20.4. The van der Waals surface area contributed by atoms with Crippen LogP contribution in [0.5, 0.6) is 11.5 Å². The fraction of sp³-hybridized carbons (Fsp3) is 0.0714. The topological polar surface area (TPSA) is 35.0 Å². The van der Waals surface area contributed by atoms with E-state index in [-0.39, 0.29) is 5.41 Å². The van der Waals surface area contributed by atoms with E-state index in [1.54, 1.807) is 0 Å². The number of benzene rings is 8. The van der Waals surface area contributed by atoms with Crippen LogP contribution in [0, 0.1) is 0 Å². The van der Waals surface area contributed by atoms with Gasteiger partial charge in [-0.2, -0.15) is 0 Å². The zero-order valence-corrected chi connectivity index (χ0v) is 32.8. The lowest BCUT2D eigenvalue weighted by Gasteiger charge is -2.40. The van der Waals surface area contributed by atoms with Crippen LogP contribution in [0.25, 0.3) is 67.3 Å². The average molecular weight is 755 g/mol. The van der Waals surface area contributed by atoms with Gasteiger partial charge in [0, 0.05) is 38.8 Å². The fourth-order valence-electron chi connectivity index (χ4n) is 10.2. The Morgan fingerprint density at radius 1 is 0.356 bits per heavy atom. The third-order valence-electron chi connectivity index (χ3n) is 13.0. The number of hydrogen-bond donors (Lipinski definition) is 0. The third kappa shape index (κ3) is 4.82. The highest BCUT2D eigenvalue weighted by atomic mass is 16.5. The molecule has 0 N–H and O–H groups in total. The van der Waals surface area contributed by atoms with Crippen LogP contribution in [-0.4, -0.2) is 9.97 Å². The Morgan fingerprint density at radius 3 is 1.58 bits per heavy atom. The Bertz CT molecular complexity index is 3120. The van der Waals surface area contributed by atoms with E-state index < -0.39 is 5.41 Å². The van der Waals surface area contributed by atoms with Crippen LogP contribution in [0.15, 0.2) is 194 Å². The minimum atomic E-state index is -0.509. The molecule has 0 unspecified atom stereocenters. The second-order valence-electron chi connectivity index (χ2n) is 16.5. The molecule has 1 aromatic heterocycles. The SMILES string of the molecule is CC1(C)c2ccccc2-c2ccc(-c3cc(-c4ccccc4)nc(-c4ccc(-c5cccc6c5Oc5ccccc5C65c6ccccc6-c6ccccc65)cc4)n3)cc21. The van der Waals surface area contributed by atoms with Crippen molar-refractivity contribution in [3.63, 3.8) is 0 Å². The number of fused-ring (bicyclic) bond motifs is 12. The van der Waals surface area contributed by atoms with Crippen molar-refractivity contribution < 1.29 is 4.74 Å². The van der Waals surface area contributed by atoms with Gasteiger partial charge in [-0.15, -0.1) is 0 Å². The predicted molar refractivity (Wildman–Crippen MR) is 239 cm³/mol. The van der Waals surface area contributed by atoms with Crippen molar-refractivity contribution in [1.82, 2.24) is 9.97 Å². The molecule has 9 aromatic rings. The van der Waals surface area contributed by atoms with Gasteiger partial charge in [-0.1, -0.05) is 190 Å². The molecule has 0 fully saturated rings. The summed E-state index contributed by atoms with van der Waals surface area (Å²) in [6.07, 6.45) is 0. The van der Waals surface area contributed by atoms with Crippen LogP contribution in [0.4, 0.5) is 0 Å². The molecule has 8 aromatic carbocycles. The zero-order valence-electron chi connectivity index (χ0n) is 32.8. The van der Waals surface area contributed by atoms with Crippen LogP contribution < -0.4 is 4.74 Å². The van der Waals surface area contributed by atoms with Gasteiger partial charge in [-0.05, 0) is 68.3 Å². The van der Waals surface area contributed by atoms with Crippen molar-refractivity contribution in [2.75, 3.05) is 0 Å². The quantitative estimate of drug-likeness (QED) is 0.179. The van der Waals surface area contributed by atoms with E-state index in [9.17, 15) is 0 Å². The average Bonchev–Trinajstić information content (AvgIpc) is 3.72. The van der Waals surface area contributed by atoms with Crippen molar-refractivity contribution in [2.45, 2.75) is 24.7 Å². The standard InChI is InChI=1S/C56H38N2O/c1-55(2)44-21-9-6-17-40(44)43-32-31-38(33-49(43)55)51-34-50(36-15-4-3-5-16-36)57-54(58-51)37-29-27-35(28-30-37)39-20-14-25-48-53(39)59-52-26-13-12-24-47(52)56(48)45-22-10-7-18-41(45)42-19-8-11-23-46(42)56/h3-34H,1-2H3. The minimum Gasteiger partial charge on any atom is -0.456 e. The van der Waals surface area contributed by atoms with Gasteiger partial charge in [0.15, 0.2) is 5.82 Å². The normalized spacial score (nSPS) is 14.3. The lowest BCUT2D eigenvalue weighted by molar-refractivity contribution is 0.438. The molecule has 0 amide bonds. The van der Waals surface area contributed by atoms with Crippen LogP contribution >= 0.6 is 0 Å². The Hall–Kier alpha value is -7.36. The molecular formula is C56H38N2O. The summed E-state index contributed by atoms with van der Waals surface area (Å²) in [6, 6.07) is 69.7. The number of hydrogen-bond acceptors (Lipinski definition) is 3. The molecule has 278 valence electrons. The summed E-state index contributed by atoms with van der Waals surface area (Å²) in [5.41, 5.74) is 19.1. The van der Waals surface area contributed by atoms with Gasteiger partial charge in [0.25, 0.3) is 0 Å². The van der Waals surface area contributed by atoms with Crippen LogP contribution in [0.1, 0.15) is 47.2 Å². The molecule has 2 heterocycles. The van der Waals surface area contributed by atoms with E-state index >= 15 is 0 Å². The molecule has 1 aliphatic heterocycles. The smallest absolute Gasteiger partial charge is 0.160 e. The van der Waals surface area contributed by atoms with E-state index in [1.807, 2.05) is 6.07 Å². The van der Waals surface area contributed by atoms with Gasteiger partial charge in [-0.25, -0.2) is 9.97 Å². The molecule has 3 aliphatic rings. The number of nitrogens with zero attached hydrogens (tertiary/aromatic N) is 2. The lowest BCUT2D eigenvalue weighted by Crippen LogP contribution is -2.32. The van der Waals surface area contributed by atoms with E-state index in [0.29, 0.717) is 5.82 Å². The number of aromatic nitrogens is 2. The van der Waals surface area contributed by atoms with Gasteiger partial charge >= 0.3 is 0 Å². The molecule has 0 saturated heterocycles. The molecule has 0 bridgehead atoms. The fourth-order valence-corrected chi connectivity index (χ4v) is 10.2. The molecule has 0 saturated carbocycles. The van der Waals surface area contributed by atoms with Gasteiger partial charge < -0.3 is 4.74 Å². The van der Waals surface area contributed by atoms with Crippen molar-refractivity contribution in [2.24, 2.45) is 0 Å². The van der Waals surface area contributed by atoms with Crippen molar-refractivity contribution in [1.29, 1.82) is 0 Å². The summed E-state index contributed by atoms with van der Waals surface area (Å²) < 4.78 is 6.97. The Labute approximate surface area is 344 Å². The zero-order chi connectivity index (χ0) is 39.3. The molecule has 0 radical (unpaired) electrons. The van der Waals surface area contributed by atoms with Gasteiger partial charge in [-0.3, -0.25) is 0 Å². The van der Waals surface area contributed by atoms with E-state index in [2.05, 4.69) is 202 Å². The molecule has 12 rings (SSSR count). The van der Waals surface area contributed by atoms with Crippen LogP contribution in [0.2, 0.25) is 0 Å². The first kappa shape index (κ1) is 33.7. The second kappa shape index (κ2) is 12.6. The second-order valence-corrected chi connectivity index (χ2v) is 16.5. The van der Waals surface area contributed by atoms with Crippen LogP contribution in [0.3, 0.4) is 0 Å². The number of rotatable bonds is 4. The van der Waals surface area contributed by atoms with Gasteiger partial charge in [0.2, 0.25) is 0 Å². The molecule has 1 spiro atoms. The number of ether oxygens (including phenoxy) is 1. The van der Waals surface area contributed by atoms with Crippen LogP contribution in [-0.2, 0) is 10.8 Å². The molecular weight excluding hydrogens is 717 g/mol. The third-order valence-corrected chi connectivity index (χ3v) is 13.0. The maximum absolute atomic E-state index is 6.97.